The molecule has 1 nitrogen and oxygen atoms in total. The zero-order chi connectivity index (χ0) is 9.64. The number of carbonyl (C=O) groups is 1. The maximum absolute atomic E-state index is 11.7. The summed E-state index contributed by atoms with van der Waals surface area (Å²) in [6, 6.07) is 5.96. The lowest BCUT2D eigenvalue weighted by atomic mass is 9.87. The highest BCUT2D eigenvalue weighted by Gasteiger charge is 2.36. The summed E-state index contributed by atoms with van der Waals surface area (Å²) in [5.41, 5.74) is 2.07. The quantitative estimate of drug-likeness (QED) is 0.678. The molecule has 0 saturated heterocycles. The second kappa shape index (κ2) is 2.68. The number of fused-ring (bicyclic) bond motifs is 1. The molecule has 1 aromatic rings. The molecule has 0 aliphatic heterocycles. The summed E-state index contributed by atoms with van der Waals surface area (Å²) in [6.45, 7) is 4.23. The zero-order valence-corrected chi connectivity index (χ0v) is 9.31. The maximum atomic E-state index is 11.7. The van der Waals surface area contributed by atoms with E-state index in [1.54, 1.807) is 0 Å². The van der Waals surface area contributed by atoms with Gasteiger partial charge in [-0.1, -0.05) is 41.9 Å². The van der Waals surface area contributed by atoms with E-state index in [0.717, 1.165) is 10.0 Å². The number of rotatable bonds is 0. The summed E-state index contributed by atoms with van der Waals surface area (Å²) >= 11 is 3.42. The summed E-state index contributed by atoms with van der Waals surface area (Å²) in [7, 11) is 0. The highest BCUT2D eigenvalue weighted by atomic mass is 79.9. The normalized spacial score (nSPS) is 18.8. The number of halogens is 1. The van der Waals surface area contributed by atoms with E-state index in [9.17, 15) is 4.79 Å². The van der Waals surface area contributed by atoms with Crippen molar-refractivity contribution in [2.75, 3.05) is 0 Å². The van der Waals surface area contributed by atoms with Gasteiger partial charge in [0.15, 0.2) is 5.78 Å². The standard InChI is InChI=1S/C11H11BrO/c1-11(2)6-9(13)10-7(11)4-3-5-8(10)12/h3-5H,6H2,1-2H3. The van der Waals surface area contributed by atoms with Crippen LogP contribution in [0.3, 0.4) is 0 Å². The van der Waals surface area contributed by atoms with Gasteiger partial charge in [-0.05, 0) is 17.0 Å². The van der Waals surface area contributed by atoms with E-state index in [4.69, 9.17) is 0 Å². The molecule has 0 aromatic heterocycles. The Balaban J connectivity index is 2.72. The van der Waals surface area contributed by atoms with Crippen LogP contribution in [0.1, 0.15) is 36.2 Å². The van der Waals surface area contributed by atoms with Gasteiger partial charge in [0.1, 0.15) is 0 Å². The zero-order valence-electron chi connectivity index (χ0n) is 7.73. The van der Waals surface area contributed by atoms with Gasteiger partial charge >= 0.3 is 0 Å². The van der Waals surface area contributed by atoms with Crippen LogP contribution in [0, 0.1) is 0 Å². The van der Waals surface area contributed by atoms with E-state index in [0.29, 0.717) is 6.42 Å². The van der Waals surface area contributed by atoms with Crippen LogP contribution in [0.15, 0.2) is 22.7 Å². The average Bonchev–Trinajstić information content (AvgIpc) is 2.24. The molecule has 1 aliphatic rings. The Kier molecular flexibility index (Phi) is 1.84. The van der Waals surface area contributed by atoms with Gasteiger partial charge in [0.2, 0.25) is 0 Å². The molecule has 0 radical (unpaired) electrons. The van der Waals surface area contributed by atoms with Gasteiger partial charge in [0, 0.05) is 16.5 Å². The van der Waals surface area contributed by atoms with Crippen molar-refractivity contribution >= 4 is 21.7 Å². The van der Waals surface area contributed by atoms with Crippen molar-refractivity contribution in [3.8, 4) is 0 Å². The predicted molar refractivity (Wildman–Crippen MR) is 56.1 cm³/mol. The predicted octanol–water partition coefficient (Wildman–Crippen LogP) is 3.31. The van der Waals surface area contributed by atoms with Crippen molar-refractivity contribution in [2.45, 2.75) is 25.7 Å². The van der Waals surface area contributed by atoms with Crippen molar-refractivity contribution in [3.63, 3.8) is 0 Å². The topological polar surface area (TPSA) is 17.1 Å². The fourth-order valence-corrected chi connectivity index (χ4v) is 2.54. The fourth-order valence-electron chi connectivity index (χ4n) is 1.96. The summed E-state index contributed by atoms with van der Waals surface area (Å²) in [6.07, 6.45) is 0.630. The fraction of sp³-hybridized carbons (Fsp3) is 0.364. The molecule has 2 heteroatoms. The molecular weight excluding hydrogens is 228 g/mol. The SMILES string of the molecule is CC1(C)CC(=O)c2c(Br)cccc21. The molecular formula is C11H11BrO. The number of hydrogen-bond acceptors (Lipinski definition) is 1. The highest BCUT2D eigenvalue weighted by Crippen LogP contribution is 2.40. The van der Waals surface area contributed by atoms with Crippen LogP contribution in [0.2, 0.25) is 0 Å². The van der Waals surface area contributed by atoms with E-state index >= 15 is 0 Å². The van der Waals surface area contributed by atoms with Crippen molar-refractivity contribution in [2.24, 2.45) is 0 Å². The Morgan fingerprint density at radius 3 is 2.69 bits per heavy atom. The smallest absolute Gasteiger partial charge is 0.165 e. The van der Waals surface area contributed by atoms with Crippen molar-refractivity contribution in [1.82, 2.24) is 0 Å². The monoisotopic (exact) mass is 238 g/mol. The van der Waals surface area contributed by atoms with E-state index in [2.05, 4.69) is 29.8 Å². The van der Waals surface area contributed by atoms with Gasteiger partial charge in [0.25, 0.3) is 0 Å². The van der Waals surface area contributed by atoms with Crippen LogP contribution in [-0.4, -0.2) is 5.78 Å². The molecule has 0 spiro atoms. The molecule has 0 bridgehead atoms. The lowest BCUT2D eigenvalue weighted by Crippen LogP contribution is -2.12. The van der Waals surface area contributed by atoms with E-state index in [1.165, 1.54) is 5.56 Å². The van der Waals surface area contributed by atoms with Gasteiger partial charge in [0.05, 0.1) is 0 Å². The van der Waals surface area contributed by atoms with Crippen molar-refractivity contribution < 1.29 is 4.79 Å². The van der Waals surface area contributed by atoms with Gasteiger partial charge in [-0.15, -0.1) is 0 Å². The van der Waals surface area contributed by atoms with E-state index in [-0.39, 0.29) is 11.2 Å². The molecule has 68 valence electrons. The summed E-state index contributed by atoms with van der Waals surface area (Å²) in [4.78, 5) is 11.7. The first kappa shape index (κ1) is 8.95. The third-order valence-corrected chi connectivity index (χ3v) is 3.28. The number of benzene rings is 1. The Bertz CT molecular complexity index is 380. The molecule has 0 amide bonds. The first-order chi connectivity index (χ1) is 6.02. The van der Waals surface area contributed by atoms with Crippen LogP contribution >= 0.6 is 15.9 Å². The van der Waals surface area contributed by atoms with Crippen LogP contribution in [0.4, 0.5) is 0 Å². The molecule has 1 aliphatic carbocycles. The number of carbonyl (C=O) groups excluding carboxylic acids is 1. The Morgan fingerprint density at radius 2 is 2.08 bits per heavy atom. The summed E-state index contributed by atoms with van der Waals surface area (Å²) in [5.74, 6) is 0.257. The number of Topliss-reactive ketones (excluding diaryl/α,β-unsaturated/α-hetero) is 1. The Hall–Kier alpha value is -0.630. The van der Waals surface area contributed by atoms with E-state index < -0.39 is 0 Å². The molecule has 2 rings (SSSR count). The second-order valence-electron chi connectivity index (χ2n) is 4.15. The average molecular weight is 239 g/mol. The summed E-state index contributed by atoms with van der Waals surface area (Å²) < 4.78 is 0.931. The minimum absolute atomic E-state index is 0.0101. The Morgan fingerprint density at radius 1 is 1.38 bits per heavy atom. The van der Waals surface area contributed by atoms with Crippen molar-refractivity contribution in [1.29, 1.82) is 0 Å². The van der Waals surface area contributed by atoms with Crippen LogP contribution < -0.4 is 0 Å². The number of hydrogen-bond donors (Lipinski definition) is 0. The molecule has 13 heavy (non-hydrogen) atoms. The number of ketones is 1. The van der Waals surface area contributed by atoms with Crippen LogP contribution in [0.25, 0.3) is 0 Å². The van der Waals surface area contributed by atoms with Gasteiger partial charge in [-0.2, -0.15) is 0 Å². The lowest BCUT2D eigenvalue weighted by molar-refractivity contribution is 0.0979. The first-order valence-electron chi connectivity index (χ1n) is 4.34. The molecule has 0 unspecified atom stereocenters. The van der Waals surface area contributed by atoms with Gasteiger partial charge in [-0.3, -0.25) is 4.79 Å². The first-order valence-corrected chi connectivity index (χ1v) is 5.14. The molecule has 0 saturated carbocycles. The summed E-state index contributed by atoms with van der Waals surface area (Å²) in [5, 5.41) is 0. The lowest BCUT2D eigenvalue weighted by Gasteiger charge is -2.17. The van der Waals surface area contributed by atoms with Crippen LogP contribution in [0.5, 0.6) is 0 Å². The van der Waals surface area contributed by atoms with E-state index in [1.807, 2.05) is 18.2 Å². The highest BCUT2D eigenvalue weighted by molar-refractivity contribution is 9.10. The second-order valence-corrected chi connectivity index (χ2v) is 5.00. The van der Waals surface area contributed by atoms with Crippen molar-refractivity contribution in [3.05, 3.63) is 33.8 Å². The Labute approximate surface area is 86.3 Å². The molecule has 0 atom stereocenters. The molecule has 0 heterocycles. The van der Waals surface area contributed by atoms with Gasteiger partial charge in [-0.25, -0.2) is 0 Å². The third-order valence-electron chi connectivity index (χ3n) is 2.62. The molecule has 1 aromatic carbocycles. The molecule has 0 fully saturated rings. The largest absolute Gasteiger partial charge is 0.294 e. The third kappa shape index (κ3) is 1.24. The maximum Gasteiger partial charge on any atom is 0.165 e. The van der Waals surface area contributed by atoms with Crippen LogP contribution in [-0.2, 0) is 5.41 Å². The minimum Gasteiger partial charge on any atom is -0.294 e. The molecule has 0 N–H and O–H groups in total. The minimum atomic E-state index is 0.0101. The van der Waals surface area contributed by atoms with Gasteiger partial charge < -0.3 is 0 Å².